The van der Waals surface area contributed by atoms with E-state index in [9.17, 15) is 65.9 Å². The van der Waals surface area contributed by atoms with Gasteiger partial charge >= 0.3 is 41.7 Å². The minimum absolute atomic E-state index is 3.30. The van der Waals surface area contributed by atoms with Crippen LogP contribution in [0.1, 0.15) is 0 Å². The molecule has 158 valence electrons. The molecule has 0 aromatic rings. The summed E-state index contributed by atoms with van der Waals surface area (Å²) in [7, 11) is 0. The Morgan fingerprint density at radius 1 is 0.577 bits per heavy atom. The number of alkyl halides is 15. The van der Waals surface area contributed by atoms with E-state index < -0.39 is 54.4 Å². The van der Waals surface area contributed by atoms with Crippen LogP contribution >= 0.6 is 0 Å². The van der Waals surface area contributed by atoms with Crippen LogP contribution < -0.4 is 0 Å². The molecule has 0 aliphatic rings. The van der Waals surface area contributed by atoms with Gasteiger partial charge in [0.1, 0.15) is 6.61 Å². The third-order valence-electron chi connectivity index (χ3n) is 3.02. The van der Waals surface area contributed by atoms with Crippen molar-refractivity contribution in [3.05, 3.63) is 0 Å². The minimum Gasteiger partial charge on any atom is -0.390 e. The summed E-state index contributed by atoms with van der Waals surface area (Å²) in [6, 6.07) is 0. The number of rotatable bonds is 6. The van der Waals surface area contributed by atoms with Crippen LogP contribution in [0.2, 0.25) is 0 Å². The van der Waals surface area contributed by atoms with Gasteiger partial charge in [-0.2, -0.15) is 61.5 Å². The maximum atomic E-state index is 13.2. The van der Waals surface area contributed by atoms with Crippen LogP contribution in [0, 0.1) is 0 Å². The van der Waals surface area contributed by atoms with Gasteiger partial charge in [-0.05, 0) is 0 Å². The lowest BCUT2D eigenvalue weighted by molar-refractivity contribution is -0.426. The average Bonchev–Trinajstić information content (AvgIpc) is 2.42. The predicted molar refractivity (Wildman–Crippen MR) is 48.8 cm³/mol. The summed E-state index contributed by atoms with van der Waals surface area (Å²) < 4.78 is 189. The molecule has 0 saturated carbocycles. The number of hydrogen-bond donors (Lipinski definition) is 2. The zero-order chi connectivity index (χ0) is 21.8. The lowest BCUT2D eigenvalue weighted by Crippen LogP contribution is -2.73. The highest BCUT2D eigenvalue weighted by atomic mass is 19.4. The molecule has 0 aliphatic heterocycles. The molecular formula is C9H5F15O2. The predicted octanol–water partition coefficient (Wildman–Crippen LogP) is 3.71. The Morgan fingerprint density at radius 2 is 0.885 bits per heavy atom. The van der Waals surface area contributed by atoms with Crippen LogP contribution in [0.4, 0.5) is 65.9 Å². The summed E-state index contributed by atoms with van der Waals surface area (Å²) in [4.78, 5) is 0. The van der Waals surface area contributed by atoms with Crippen LogP contribution in [0.3, 0.4) is 0 Å². The van der Waals surface area contributed by atoms with Gasteiger partial charge < -0.3 is 10.2 Å². The topological polar surface area (TPSA) is 40.5 Å². The van der Waals surface area contributed by atoms with E-state index in [1.807, 2.05) is 0 Å². The lowest BCUT2D eigenvalue weighted by Gasteiger charge is -2.42. The molecule has 17 heteroatoms. The van der Waals surface area contributed by atoms with Crippen LogP contribution in [0.25, 0.3) is 0 Å². The molecule has 0 fully saturated rings. The first-order chi connectivity index (χ1) is 11.0. The van der Waals surface area contributed by atoms with Crippen LogP contribution in [0.15, 0.2) is 0 Å². The summed E-state index contributed by atoms with van der Waals surface area (Å²) in [6.45, 7) is -3.30. The zero-order valence-electron chi connectivity index (χ0n) is 11.3. The second kappa shape index (κ2) is 6.20. The molecule has 0 aromatic carbocycles. The largest absolute Gasteiger partial charge is 0.434 e. The van der Waals surface area contributed by atoms with Gasteiger partial charge in [-0.3, -0.25) is 0 Å². The smallest absolute Gasteiger partial charge is 0.390 e. The fourth-order valence-corrected chi connectivity index (χ4v) is 1.43. The molecule has 2 nitrogen and oxygen atoms in total. The third kappa shape index (κ3) is 3.16. The zero-order valence-corrected chi connectivity index (χ0v) is 11.3. The van der Waals surface area contributed by atoms with E-state index in [0.717, 1.165) is 0 Å². The first-order valence-corrected chi connectivity index (χ1v) is 5.59. The molecule has 2 N–H and O–H groups in total. The molecule has 0 aliphatic carbocycles. The molecule has 0 aromatic heterocycles. The Bertz CT molecular complexity index is 490. The summed E-state index contributed by atoms with van der Waals surface area (Å²) in [5, 5.41) is 16.1. The van der Waals surface area contributed by atoms with Crippen molar-refractivity contribution in [1.82, 2.24) is 0 Å². The minimum atomic E-state index is -7.88. The van der Waals surface area contributed by atoms with E-state index in [1.165, 1.54) is 0 Å². The molecule has 0 radical (unpaired) electrons. The molecule has 0 amide bonds. The molecule has 1 atom stereocenters. The third-order valence-corrected chi connectivity index (χ3v) is 3.02. The van der Waals surface area contributed by atoms with Gasteiger partial charge in [0, 0.05) is 0 Å². The Hall–Kier alpha value is -1.13. The van der Waals surface area contributed by atoms with Gasteiger partial charge in [0.25, 0.3) is 0 Å². The summed E-state index contributed by atoms with van der Waals surface area (Å²) in [5.41, 5.74) is -7.60. The first-order valence-electron chi connectivity index (χ1n) is 5.59. The molecular weight excluding hydrogens is 425 g/mol. The van der Waals surface area contributed by atoms with E-state index in [0.29, 0.717) is 0 Å². The molecule has 26 heavy (non-hydrogen) atoms. The first kappa shape index (κ1) is 24.9. The van der Waals surface area contributed by atoms with Crippen LogP contribution in [0.5, 0.6) is 0 Å². The Labute approximate surface area is 132 Å². The highest BCUT2D eigenvalue weighted by Gasteiger charge is 2.88. The second-order valence-corrected chi connectivity index (χ2v) is 4.74. The van der Waals surface area contributed by atoms with Crippen molar-refractivity contribution in [3.63, 3.8) is 0 Å². The molecule has 0 saturated heterocycles. The number of hydrogen-bond acceptors (Lipinski definition) is 2. The van der Waals surface area contributed by atoms with Gasteiger partial charge in [0.05, 0.1) is 0 Å². The maximum Gasteiger partial charge on any atom is 0.434 e. The second-order valence-electron chi connectivity index (χ2n) is 4.74. The Kier molecular flexibility index (Phi) is 5.93. The van der Waals surface area contributed by atoms with Crippen molar-refractivity contribution in [3.8, 4) is 0 Å². The van der Waals surface area contributed by atoms with Crippen molar-refractivity contribution in [2.45, 2.75) is 47.8 Å². The van der Waals surface area contributed by atoms with E-state index in [1.54, 1.807) is 0 Å². The number of aliphatic hydroxyl groups excluding tert-OH is 2. The van der Waals surface area contributed by atoms with Crippen LogP contribution in [-0.2, 0) is 0 Å². The highest BCUT2D eigenvalue weighted by Crippen LogP contribution is 2.58. The van der Waals surface area contributed by atoms with Gasteiger partial charge in [-0.15, -0.1) is 0 Å². The van der Waals surface area contributed by atoms with Crippen molar-refractivity contribution in [2.24, 2.45) is 0 Å². The molecule has 0 rings (SSSR count). The van der Waals surface area contributed by atoms with E-state index in [4.69, 9.17) is 10.2 Å². The molecule has 1 unspecified atom stereocenters. The fraction of sp³-hybridized carbons (Fsp3) is 1.00. The van der Waals surface area contributed by atoms with Crippen molar-refractivity contribution in [1.29, 1.82) is 0 Å². The normalized spacial score (nSPS) is 17.4. The van der Waals surface area contributed by atoms with Crippen molar-refractivity contribution >= 4 is 0 Å². The van der Waals surface area contributed by atoms with Gasteiger partial charge in [-0.1, -0.05) is 0 Å². The monoisotopic (exact) mass is 430 g/mol. The van der Waals surface area contributed by atoms with Gasteiger partial charge in [0.15, 0.2) is 6.10 Å². The molecule has 0 spiro atoms. The van der Waals surface area contributed by atoms with E-state index in [-0.39, 0.29) is 0 Å². The summed E-state index contributed by atoms with van der Waals surface area (Å²) in [5.74, 6) is -29.6. The summed E-state index contributed by atoms with van der Waals surface area (Å²) >= 11 is 0. The Balaban J connectivity index is 6.55. The fourth-order valence-electron chi connectivity index (χ4n) is 1.43. The quantitative estimate of drug-likeness (QED) is 0.632. The maximum absolute atomic E-state index is 13.2. The lowest BCUT2D eigenvalue weighted by atomic mass is 9.86. The SMILES string of the molecule is OCC(F)(F)C(F)(F)C(F)(F)C(F)(F)C(O)C(F)(C(F)(F)F)C(F)(F)F. The van der Waals surface area contributed by atoms with Crippen LogP contribution in [-0.4, -0.2) is 64.6 Å². The highest BCUT2D eigenvalue weighted by molar-refractivity contribution is 5.13. The average molecular weight is 430 g/mol. The van der Waals surface area contributed by atoms with Gasteiger partial charge in [0.2, 0.25) is 0 Å². The van der Waals surface area contributed by atoms with Crippen molar-refractivity contribution < 1.29 is 76.1 Å². The van der Waals surface area contributed by atoms with E-state index >= 15 is 0 Å². The van der Waals surface area contributed by atoms with E-state index in [2.05, 4.69) is 0 Å². The molecule has 0 bridgehead atoms. The number of halogens is 15. The molecule has 0 heterocycles. The summed E-state index contributed by atoms with van der Waals surface area (Å²) in [6.07, 6.45) is -21.5. The number of aliphatic hydroxyl groups is 2. The van der Waals surface area contributed by atoms with Crippen molar-refractivity contribution in [2.75, 3.05) is 6.61 Å². The van der Waals surface area contributed by atoms with Gasteiger partial charge in [-0.25, -0.2) is 4.39 Å². The standard InChI is InChI=1S/C9H5F15O2/c10-3(11,1-25)6(15,16)7(17,18)5(13,14)2(26)4(12,8(19,20)21)9(22,23)24/h2,25-26H,1H2. The Morgan fingerprint density at radius 3 is 1.12 bits per heavy atom.